The van der Waals surface area contributed by atoms with Crippen molar-refractivity contribution in [3.63, 3.8) is 0 Å². The van der Waals surface area contributed by atoms with Crippen LogP contribution in [0.3, 0.4) is 0 Å². The highest BCUT2D eigenvalue weighted by Gasteiger charge is 2.20. The Morgan fingerprint density at radius 2 is 2.16 bits per heavy atom. The molecular formula is C15H14N2O2. The minimum atomic E-state index is -0.0619. The number of hydrogen-bond donors (Lipinski definition) is 0. The van der Waals surface area contributed by atoms with Crippen LogP contribution in [-0.4, -0.2) is 9.55 Å². The molecule has 0 unspecified atom stereocenters. The fraction of sp³-hybridized carbons (Fsp3) is 0.333. The first kappa shape index (κ1) is 10.8. The highest BCUT2D eigenvalue weighted by molar-refractivity contribution is 6.01. The Hall–Kier alpha value is -2.10. The quantitative estimate of drug-likeness (QED) is 0.706. The molecule has 2 heterocycles. The van der Waals surface area contributed by atoms with Gasteiger partial charge in [-0.25, -0.2) is 4.98 Å². The zero-order valence-electron chi connectivity index (χ0n) is 10.5. The lowest BCUT2D eigenvalue weighted by Gasteiger charge is -2.25. The van der Waals surface area contributed by atoms with Crippen LogP contribution < -0.4 is 5.56 Å². The summed E-state index contributed by atoms with van der Waals surface area (Å²) < 4.78 is 7.35. The minimum absolute atomic E-state index is 0.0619. The van der Waals surface area contributed by atoms with E-state index >= 15 is 0 Å². The van der Waals surface area contributed by atoms with E-state index in [1.54, 1.807) is 10.9 Å². The van der Waals surface area contributed by atoms with Crippen molar-refractivity contribution < 1.29 is 4.42 Å². The van der Waals surface area contributed by atoms with Gasteiger partial charge in [0.05, 0.1) is 6.33 Å². The van der Waals surface area contributed by atoms with Gasteiger partial charge in [-0.3, -0.25) is 9.36 Å². The maximum absolute atomic E-state index is 12.4. The molecule has 1 aliphatic carbocycles. The van der Waals surface area contributed by atoms with Gasteiger partial charge in [0.2, 0.25) is 5.58 Å². The molecule has 4 heteroatoms. The SMILES string of the molecule is O=c1c2oc3ccccc3c2ncn1CC1CCC1. The van der Waals surface area contributed by atoms with Gasteiger partial charge in [0, 0.05) is 11.9 Å². The Labute approximate surface area is 109 Å². The Bertz CT molecular complexity index is 812. The molecule has 0 atom stereocenters. The molecule has 19 heavy (non-hydrogen) atoms. The van der Waals surface area contributed by atoms with Crippen LogP contribution in [-0.2, 0) is 6.54 Å². The molecule has 0 aliphatic heterocycles. The molecular weight excluding hydrogens is 240 g/mol. The van der Waals surface area contributed by atoms with Crippen molar-refractivity contribution in [1.29, 1.82) is 0 Å². The number of hydrogen-bond acceptors (Lipinski definition) is 3. The average molecular weight is 254 g/mol. The van der Waals surface area contributed by atoms with Crippen molar-refractivity contribution in [2.75, 3.05) is 0 Å². The van der Waals surface area contributed by atoms with Crippen molar-refractivity contribution >= 4 is 22.1 Å². The molecule has 3 aromatic rings. The molecule has 0 amide bonds. The Morgan fingerprint density at radius 3 is 2.95 bits per heavy atom. The van der Waals surface area contributed by atoms with E-state index in [-0.39, 0.29) is 5.56 Å². The topological polar surface area (TPSA) is 48.0 Å². The van der Waals surface area contributed by atoms with Crippen molar-refractivity contribution in [3.8, 4) is 0 Å². The monoisotopic (exact) mass is 254 g/mol. The number of aromatic nitrogens is 2. The molecule has 2 aromatic heterocycles. The fourth-order valence-electron chi connectivity index (χ4n) is 2.70. The van der Waals surface area contributed by atoms with E-state index in [2.05, 4.69) is 4.98 Å². The van der Waals surface area contributed by atoms with Gasteiger partial charge >= 0.3 is 0 Å². The first-order chi connectivity index (χ1) is 9.33. The molecule has 4 rings (SSSR count). The van der Waals surface area contributed by atoms with Crippen LogP contribution in [0.25, 0.3) is 22.1 Å². The number of fused-ring (bicyclic) bond motifs is 3. The number of nitrogens with zero attached hydrogens (tertiary/aromatic N) is 2. The third kappa shape index (κ3) is 1.59. The molecule has 1 aliphatic rings. The first-order valence-electron chi connectivity index (χ1n) is 6.69. The van der Waals surface area contributed by atoms with Crippen LogP contribution >= 0.6 is 0 Å². The summed E-state index contributed by atoms with van der Waals surface area (Å²) in [4.78, 5) is 16.8. The van der Waals surface area contributed by atoms with Crippen molar-refractivity contribution in [3.05, 3.63) is 40.9 Å². The van der Waals surface area contributed by atoms with Crippen LogP contribution in [0.15, 0.2) is 39.8 Å². The maximum Gasteiger partial charge on any atom is 0.297 e. The molecule has 0 radical (unpaired) electrons. The van der Waals surface area contributed by atoms with E-state index < -0.39 is 0 Å². The van der Waals surface area contributed by atoms with Crippen molar-refractivity contribution in [2.24, 2.45) is 5.92 Å². The van der Waals surface area contributed by atoms with Crippen LogP contribution in [0, 0.1) is 5.92 Å². The smallest absolute Gasteiger partial charge is 0.297 e. The van der Waals surface area contributed by atoms with Crippen LogP contribution in [0.5, 0.6) is 0 Å². The van der Waals surface area contributed by atoms with Gasteiger partial charge in [0.15, 0.2) is 0 Å². The largest absolute Gasteiger partial charge is 0.448 e. The summed E-state index contributed by atoms with van der Waals surface area (Å²) in [5.74, 6) is 0.626. The Balaban J connectivity index is 1.91. The molecule has 0 spiro atoms. The first-order valence-corrected chi connectivity index (χ1v) is 6.69. The van der Waals surface area contributed by atoms with Gasteiger partial charge in [0.1, 0.15) is 11.1 Å². The minimum Gasteiger partial charge on any atom is -0.448 e. The lowest BCUT2D eigenvalue weighted by molar-refractivity contribution is 0.273. The number of benzene rings is 1. The second-order valence-electron chi connectivity index (χ2n) is 5.27. The number of furan rings is 1. The van der Waals surface area contributed by atoms with E-state index in [0.29, 0.717) is 17.0 Å². The summed E-state index contributed by atoms with van der Waals surface area (Å²) in [6.45, 7) is 0.763. The summed E-state index contributed by atoms with van der Waals surface area (Å²) in [6.07, 6.45) is 5.36. The Morgan fingerprint density at radius 1 is 1.32 bits per heavy atom. The zero-order valence-corrected chi connectivity index (χ0v) is 10.5. The van der Waals surface area contributed by atoms with Gasteiger partial charge in [-0.2, -0.15) is 0 Å². The highest BCUT2D eigenvalue weighted by Crippen LogP contribution is 2.28. The molecule has 0 N–H and O–H groups in total. The summed E-state index contributed by atoms with van der Waals surface area (Å²) in [6, 6.07) is 7.63. The lowest BCUT2D eigenvalue weighted by atomic mass is 9.85. The van der Waals surface area contributed by atoms with Crippen LogP contribution in [0.2, 0.25) is 0 Å². The second-order valence-corrected chi connectivity index (χ2v) is 5.27. The molecule has 1 saturated carbocycles. The second kappa shape index (κ2) is 3.95. The van der Waals surface area contributed by atoms with Gasteiger partial charge in [0.25, 0.3) is 5.56 Å². The van der Waals surface area contributed by atoms with Crippen molar-refractivity contribution in [1.82, 2.24) is 9.55 Å². The molecule has 1 fully saturated rings. The predicted octanol–water partition coefficient (Wildman–Crippen LogP) is 2.94. The summed E-state index contributed by atoms with van der Waals surface area (Å²) in [5.41, 5.74) is 1.71. The van der Waals surface area contributed by atoms with E-state index in [1.165, 1.54) is 19.3 Å². The Kier molecular flexibility index (Phi) is 2.24. The van der Waals surface area contributed by atoms with E-state index in [4.69, 9.17) is 4.42 Å². The summed E-state index contributed by atoms with van der Waals surface area (Å²) in [5, 5.41) is 0.908. The fourth-order valence-corrected chi connectivity index (χ4v) is 2.70. The number of rotatable bonds is 2. The van der Waals surface area contributed by atoms with E-state index in [0.717, 1.165) is 17.5 Å². The maximum atomic E-state index is 12.4. The van der Waals surface area contributed by atoms with Gasteiger partial charge in [-0.1, -0.05) is 18.6 Å². The summed E-state index contributed by atoms with van der Waals surface area (Å²) >= 11 is 0. The van der Waals surface area contributed by atoms with Gasteiger partial charge in [-0.15, -0.1) is 0 Å². The third-order valence-electron chi connectivity index (χ3n) is 4.03. The van der Waals surface area contributed by atoms with Gasteiger partial charge < -0.3 is 4.42 Å². The third-order valence-corrected chi connectivity index (χ3v) is 4.03. The molecule has 0 saturated heterocycles. The molecule has 96 valence electrons. The standard InChI is InChI=1S/C15H14N2O2/c18-15-14-13(11-6-1-2-7-12(11)19-14)16-9-17(15)8-10-4-3-5-10/h1-2,6-7,9-10H,3-5,8H2. The molecule has 0 bridgehead atoms. The lowest BCUT2D eigenvalue weighted by Crippen LogP contribution is -2.27. The van der Waals surface area contributed by atoms with E-state index in [1.807, 2.05) is 24.3 Å². The van der Waals surface area contributed by atoms with Gasteiger partial charge in [-0.05, 0) is 30.9 Å². The van der Waals surface area contributed by atoms with E-state index in [9.17, 15) is 4.79 Å². The average Bonchev–Trinajstić information content (AvgIpc) is 2.75. The van der Waals surface area contributed by atoms with Crippen molar-refractivity contribution in [2.45, 2.75) is 25.8 Å². The van der Waals surface area contributed by atoms with Crippen LogP contribution in [0.1, 0.15) is 19.3 Å². The van der Waals surface area contributed by atoms with Crippen LogP contribution in [0.4, 0.5) is 0 Å². The molecule has 1 aromatic carbocycles. The normalized spacial score (nSPS) is 16.0. The predicted molar refractivity (Wildman–Crippen MR) is 73.1 cm³/mol. The zero-order chi connectivity index (χ0) is 12.8. The summed E-state index contributed by atoms with van der Waals surface area (Å²) in [7, 11) is 0. The highest BCUT2D eigenvalue weighted by atomic mass is 16.3. The number of para-hydroxylation sites is 1. The molecule has 4 nitrogen and oxygen atoms in total.